The number of benzene rings is 3. The second kappa shape index (κ2) is 8.98. The van der Waals surface area contributed by atoms with Gasteiger partial charge in [0.1, 0.15) is 5.75 Å². The predicted octanol–water partition coefficient (Wildman–Crippen LogP) is 3.92. The fraction of sp³-hybridized carbons (Fsp3) is 0.0476. The van der Waals surface area contributed by atoms with E-state index in [0.717, 1.165) is 5.56 Å². The van der Waals surface area contributed by atoms with E-state index in [1.807, 2.05) is 6.92 Å². The molecule has 154 valence electrons. The van der Waals surface area contributed by atoms with E-state index in [9.17, 15) is 18.3 Å². The fourth-order valence-corrected chi connectivity index (χ4v) is 3.71. The number of anilines is 1. The van der Waals surface area contributed by atoms with Gasteiger partial charge < -0.3 is 5.11 Å². The number of rotatable bonds is 6. The van der Waals surface area contributed by atoms with E-state index in [4.69, 9.17) is 11.6 Å². The van der Waals surface area contributed by atoms with Crippen molar-refractivity contribution in [1.29, 1.82) is 0 Å². The Hall–Kier alpha value is -3.36. The molecule has 30 heavy (non-hydrogen) atoms. The third-order valence-electron chi connectivity index (χ3n) is 4.09. The number of aryl methyl sites for hydroxylation is 1. The Labute approximate surface area is 179 Å². The molecule has 0 atom stereocenters. The summed E-state index contributed by atoms with van der Waals surface area (Å²) in [6, 6.07) is 16.8. The number of aromatic hydroxyl groups is 1. The van der Waals surface area contributed by atoms with Gasteiger partial charge in [-0.25, -0.2) is 13.8 Å². The number of nitrogens with zero attached hydrogens (tertiary/aromatic N) is 1. The van der Waals surface area contributed by atoms with Crippen molar-refractivity contribution in [3.8, 4) is 5.75 Å². The first-order valence-corrected chi connectivity index (χ1v) is 10.6. The summed E-state index contributed by atoms with van der Waals surface area (Å²) in [4.78, 5) is 12.3. The highest BCUT2D eigenvalue weighted by Gasteiger charge is 2.14. The molecule has 1 amide bonds. The highest BCUT2D eigenvalue weighted by atomic mass is 35.5. The lowest BCUT2D eigenvalue weighted by atomic mass is 10.2. The van der Waals surface area contributed by atoms with Crippen LogP contribution < -0.4 is 10.1 Å². The number of sulfonamides is 1. The molecule has 0 saturated carbocycles. The molecule has 0 saturated heterocycles. The third-order valence-corrected chi connectivity index (χ3v) is 5.72. The molecule has 0 unspecified atom stereocenters. The summed E-state index contributed by atoms with van der Waals surface area (Å²) in [5, 5.41) is 13.9. The van der Waals surface area contributed by atoms with Gasteiger partial charge in [-0.15, -0.1) is 0 Å². The van der Waals surface area contributed by atoms with Crippen molar-refractivity contribution in [3.63, 3.8) is 0 Å². The van der Waals surface area contributed by atoms with Crippen molar-refractivity contribution in [2.24, 2.45) is 5.10 Å². The fourth-order valence-electron chi connectivity index (χ4n) is 2.47. The molecule has 0 aromatic heterocycles. The Morgan fingerprint density at radius 1 is 1.03 bits per heavy atom. The first kappa shape index (κ1) is 21.4. The van der Waals surface area contributed by atoms with Crippen LogP contribution in [0.1, 0.15) is 21.5 Å². The number of carbonyl (C=O) groups excluding carboxylic acids is 1. The zero-order chi connectivity index (χ0) is 21.7. The molecule has 0 aliphatic carbocycles. The average Bonchev–Trinajstić information content (AvgIpc) is 2.71. The molecule has 0 bridgehead atoms. The van der Waals surface area contributed by atoms with Gasteiger partial charge >= 0.3 is 0 Å². The van der Waals surface area contributed by atoms with Gasteiger partial charge in [0.05, 0.1) is 11.1 Å². The lowest BCUT2D eigenvalue weighted by Crippen LogP contribution is -2.18. The van der Waals surface area contributed by atoms with E-state index >= 15 is 0 Å². The minimum atomic E-state index is -3.72. The Morgan fingerprint density at radius 3 is 2.37 bits per heavy atom. The summed E-state index contributed by atoms with van der Waals surface area (Å²) in [6.07, 6.45) is 1.27. The molecule has 0 spiro atoms. The van der Waals surface area contributed by atoms with Crippen LogP contribution in [0.4, 0.5) is 5.69 Å². The zero-order valence-corrected chi connectivity index (χ0v) is 17.4. The number of hydrazone groups is 1. The number of hydrogen-bond acceptors (Lipinski definition) is 5. The number of phenols is 1. The predicted molar refractivity (Wildman–Crippen MR) is 117 cm³/mol. The summed E-state index contributed by atoms with van der Waals surface area (Å²) < 4.78 is 27.3. The highest BCUT2D eigenvalue weighted by molar-refractivity contribution is 7.92. The van der Waals surface area contributed by atoms with Crippen LogP contribution in [0.25, 0.3) is 0 Å². The molecule has 0 radical (unpaired) electrons. The largest absolute Gasteiger partial charge is 0.507 e. The maximum absolute atomic E-state index is 12.4. The first-order chi connectivity index (χ1) is 14.2. The second-order valence-electron chi connectivity index (χ2n) is 6.40. The molecule has 3 N–H and O–H groups in total. The molecule has 0 aliphatic rings. The normalized spacial score (nSPS) is 11.4. The van der Waals surface area contributed by atoms with E-state index in [-0.39, 0.29) is 16.2 Å². The Bertz CT molecular complexity index is 1190. The van der Waals surface area contributed by atoms with Gasteiger partial charge in [0.25, 0.3) is 15.9 Å². The smallest absolute Gasteiger partial charge is 0.271 e. The molecule has 3 rings (SSSR count). The van der Waals surface area contributed by atoms with E-state index in [1.165, 1.54) is 60.8 Å². The number of halogens is 1. The van der Waals surface area contributed by atoms with Gasteiger partial charge in [-0.1, -0.05) is 29.3 Å². The summed E-state index contributed by atoms with van der Waals surface area (Å²) in [7, 11) is -3.72. The van der Waals surface area contributed by atoms with Crippen molar-refractivity contribution in [2.45, 2.75) is 11.8 Å². The molecular formula is C21H18ClN3O4S. The van der Waals surface area contributed by atoms with Crippen LogP contribution >= 0.6 is 11.6 Å². The van der Waals surface area contributed by atoms with E-state index < -0.39 is 15.9 Å². The zero-order valence-electron chi connectivity index (χ0n) is 15.8. The molecule has 0 fully saturated rings. The van der Waals surface area contributed by atoms with Crippen molar-refractivity contribution < 1.29 is 18.3 Å². The van der Waals surface area contributed by atoms with Crippen LogP contribution in [0.2, 0.25) is 5.02 Å². The monoisotopic (exact) mass is 443 g/mol. The Balaban J connectivity index is 1.64. The number of nitrogens with one attached hydrogen (secondary N) is 2. The molecular weight excluding hydrogens is 426 g/mol. The number of phenolic OH excluding ortho intramolecular Hbond substituents is 1. The summed E-state index contributed by atoms with van der Waals surface area (Å²) in [6.45, 7) is 1.87. The van der Waals surface area contributed by atoms with Crippen LogP contribution in [0.5, 0.6) is 5.75 Å². The van der Waals surface area contributed by atoms with Crippen LogP contribution in [-0.4, -0.2) is 25.6 Å². The second-order valence-corrected chi connectivity index (χ2v) is 8.52. The Morgan fingerprint density at radius 2 is 1.70 bits per heavy atom. The third kappa shape index (κ3) is 5.37. The molecule has 0 aliphatic heterocycles. The van der Waals surface area contributed by atoms with Gasteiger partial charge in [-0.05, 0) is 61.5 Å². The maximum Gasteiger partial charge on any atom is 0.271 e. The van der Waals surface area contributed by atoms with Crippen LogP contribution in [-0.2, 0) is 10.0 Å². The Kier molecular flexibility index (Phi) is 6.39. The number of amides is 1. The lowest BCUT2D eigenvalue weighted by molar-refractivity contribution is 0.0955. The van der Waals surface area contributed by atoms with Crippen LogP contribution in [0, 0.1) is 6.92 Å². The SMILES string of the molecule is Cc1ccc(S(=O)(=O)Nc2ccc(C(=O)NN=Cc3cc(Cl)ccc3O)cc2)cc1. The summed E-state index contributed by atoms with van der Waals surface area (Å²) in [5.74, 6) is -0.525. The van der Waals surface area contributed by atoms with E-state index in [0.29, 0.717) is 16.3 Å². The van der Waals surface area contributed by atoms with Crippen LogP contribution in [0.15, 0.2) is 76.7 Å². The topological polar surface area (TPSA) is 108 Å². The van der Waals surface area contributed by atoms with E-state index in [1.54, 1.807) is 12.1 Å². The molecule has 3 aromatic carbocycles. The number of hydrogen-bond donors (Lipinski definition) is 3. The lowest BCUT2D eigenvalue weighted by Gasteiger charge is -2.09. The standard InChI is InChI=1S/C21H18ClN3O4S/c1-14-2-9-19(10-3-14)30(28,29)25-18-7-4-15(5-8-18)21(27)24-23-13-16-12-17(22)6-11-20(16)26/h2-13,25-26H,1H3,(H,24,27). The minimum absolute atomic E-state index is 0.0254. The van der Waals surface area contributed by atoms with Crippen molar-refractivity contribution >= 4 is 39.4 Å². The average molecular weight is 444 g/mol. The molecule has 3 aromatic rings. The van der Waals surface area contributed by atoms with E-state index in [2.05, 4.69) is 15.2 Å². The molecule has 9 heteroatoms. The van der Waals surface area contributed by atoms with Crippen molar-refractivity contribution in [1.82, 2.24) is 5.43 Å². The van der Waals surface area contributed by atoms with Crippen molar-refractivity contribution in [3.05, 3.63) is 88.4 Å². The van der Waals surface area contributed by atoms with Crippen molar-refractivity contribution in [2.75, 3.05) is 4.72 Å². The molecule has 7 nitrogen and oxygen atoms in total. The maximum atomic E-state index is 12.4. The van der Waals surface area contributed by atoms with Gasteiger partial charge in [0.15, 0.2) is 0 Å². The highest BCUT2D eigenvalue weighted by Crippen LogP contribution is 2.20. The number of carbonyl (C=O) groups is 1. The molecule has 0 heterocycles. The van der Waals surface area contributed by atoms with Gasteiger partial charge in [0, 0.05) is 21.8 Å². The van der Waals surface area contributed by atoms with Gasteiger partial charge in [-0.3, -0.25) is 9.52 Å². The van der Waals surface area contributed by atoms with Gasteiger partial charge in [-0.2, -0.15) is 5.10 Å². The van der Waals surface area contributed by atoms with Gasteiger partial charge in [0.2, 0.25) is 0 Å². The summed E-state index contributed by atoms with van der Waals surface area (Å²) >= 11 is 5.85. The quantitative estimate of drug-likeness (QED) is 0.396. The minimum Gasteiger partial charge on any atom is -0.507 e. The first-order valence-electron chi connectivity index (χ1n) is 8.76. The van der Waals surface area contributed by atoms with Crippen LogP contribution in [0.3, 0.4) is 0 Å². The summed E-state index contributed by atoms with van der Waals surface area (Å²) in [5.41, 5.74) is 4.23.